The first-order valence-electron chi connectivity index (χ1n) is 6.72. The molecule has 0 radical (unpaired) electrons. The summed E-state index contributed by atoms with van der Waals surface area (Å²) < 4.78 is 1.06. The highest BCUT2D eigenvalue weighted by molar-refractivity contribution is 9.10. The van der Waals surface area contributed by atoms with Crippen molar-refractivity contribution in [3.05, 3.63) is 44.9 Å². The van der Waals surface area contributed by atoms with Crippen LogP contribution in [0.2, 0.25) is 0 Å². The summed E-state index contributed by atoms with van der Waals surface area (Å²) in [5.74, 6) is -1.19. The third-order valence-corrected chi connectivity index (χ3v) is 5.38. The van der Waals surface area contributed by atoms with Gasteiger partial charge in [0.2, 0.25) is 0 Å². The van der Waals surface area contributed by atoms with Gasteiger partial charge in [0.05, 0.1) is 5.69 Å². The molecule has 0 fully saturated rings. The molecule has 1 unspecified atom stereocenters. The normalized spacial score (nSPS) is 16.8. The number of thiazole rings is 1. The third-order valence-electron chi connectivity index (χ3n) is 3.64. The molecule has 21 heavy (non-hydrogen) atoms. The summed E-state index contributed by atoms with van der Waals surface area (Å²) in [6.45, 7) is 0.754. The van der Waals surface area contributed by atoms with Crippen molar-refractivity contribution < 1.29 is 9.90 Å². The third kappa shape index (κ3) is 2.96. The molecule has 0 amide bonds. The molecule has 0 aliphatic heterocycles. The van der Waals surface area contributed by atoms with E-state index in [4.69, 9.17) is 0 Å². The van der Waals surface area contributed by atoms with E-state index in [0.717, 1.165) is 33.1 Å². The van der Waals surface area contributed by atoms with Gasteiger partial charge in [-0.15, -0.1) is 11.3 Å². The van der Waals surface area contributed by atoms with Crippen LogP contribution in [0.25, 0.3) is 0 Å². The van der Waals surface area contributed by atoms with Crippen molar-refractivity contribution in [1.29, 1.82) is 0 Å². The first-order chi connectivity index (χ1) is 10.0. The smallest absolute Gasteiger partial charge is 0.312 e. The maximum absolute atomic E-state index is 11.2. The van der Waals surface area contributed by atoms with Crippen molar-refractivity contribution in [1.82, 2.24) is 4.98 Å². The Hall–Kier alpha value is -1.40. The fourth-order valence-corrected chi connectivity index (χ4v) is 4.14. The number of anilines is 1. The molecule has 1 aromatic carbocycles. The van der Waals surface area contributed by atoms with Gasteiger partial charge < -0.3 is 10.0 Å². The molecule has 3 rings (SSSR count). The number of halogens is 1. The van der Waals surface area contributed by atoms with Gasteiger partial charge in [-0.3, -0.25) is 4.79 Å². The van der Waals surface area contributed by atoms with E-state index in [1.807, 2.05) is 19.2 Å². The molecular weight excluding hydrogens is 352 g/mol. The summed E-state index contributed by atoms with van der Waals surface area (Å²) in [5.41, 5.74) is 1.96. The van der Waals surface area contributed by atoms with Crippen LogP contribution in [-0.2, 0) is 17.8 Å². The van der Waals surface area contributed by atoms with E-state index in [-0.39, 0.29) is 0 Å². The van der Waals surface area contributed by atoms with Crippen LogP contribution >= 0.6 is 27.3 Å². The van der Waals surface area contributed by atoms with E-state index in [1.165, 1.54) is 5.56 Å². The summed E-state index contributed by atoms with van der Waals surface area (Å²) in [4.78, 5) is 19.0. The zero-order valence-electron chi connectivity index (χ0n) is 11.5. The molecule has 4 nitrogen and oxygen atoms in total. The molecule has 1 aromatic heterocycles. The maximum Gasteiger partial charge on any atom is 0.312 e. The molecule has 110 valence electrons. The fraction of sp³-hybridized carbons (Fsp3) is 0.333. The van der Waals surface area contributed by atoms with Gasteiger partial charge in [0, 0.05) is 22.9 Å². The molecular formula is C15H15BrN2O2S. The zero-order chi connectivity index (χ0) is 15.0. The van der Waals surface area contributed by atoms with Crippen molar-refractivity contribution >= 4 is 38.4 Å². The Morgan fingerprint density at radius 2 is 2.38 bits per heavy atom. The number of fused-ring (bicyclic) bond motifs is 1. The highest BCUT2D eigenvalue weighted by Gasteiger charge is 2.32. The molecule has 0 bridgehead atoms. The van der Waals surface area contributed by atoms with Gasteiger partial charge in [-0.1, -0.05) is 28.1 Å². The van der Waals surface area contributed by atoms with Gasteiger partial charge in [-0.2, -0.15) is 0 Å². The van der Waals surface area contributed by atoms with E-state index in [0.29, 0.717) is 6.42 Å². The van der Waals surface area contributed by atoms with Gasteiger partial charge in [0.25, 0.3) is 0 Å². The van der Waals surface area contributed by atoms with Crippen molar-refractivity contribution in [2.45, 2.75) is 25.3 Å². The number of carboxylic acids is 1. The van der Waals surface area contributed by atoms with E-state index < -0.39 is 11.9 Å². The average Bonchev–Trinajstić information content (AvgIpc) is 2.97. The SMILES string of the molecule is CN(Cc1cccc(Br)c1)c1nc2c(s1)CCC2C(=O)O. The van der Waals surface area contributed by atoms with Gasteiger partial charge in [0.15, 0.2) is 5.13 Å². The first kappa shape index (κ1) is 14.5. The monoisotopic (exact) mass is 366 g/mol. The topological polar surface area (TPSA) is 53.4 Å². The number of hydrogen-bond donors (Lipinski definition) is 1. The van der Waals surface area contributed by atoms with Crippen LogP contribution in [0.4, 0.5) is 5.13 Å². The van der Waals surface area contributed by atoms with Gasteiger partial charge in [-0.05, 0) is 30.5 Å². The van der Waals surface area contributed by atoms with Crippen molar-refractivity contribution in [2.24, 2.45) is 0 Å². The second-order valence-corrected chi connectivity index (χ2v) is 7.20. The molecule has 0 spiro atoms. The van der Waals surface area contributed by atoms with Crippen LogP contribution in [0.15, 0.2) is 28.7 Å². The maximum atomic E-state index is 11.2. The summed E-state index contributed by atoms with van der Waals surface area (Å²) in [6.07, 6.45) is 1.51. The number of aliphatic carboxylic acids is 1. The lowest BCUT2D eigenvalue weighted by molar-refractivity contribution is -0.138. The first-order valence-corrected chi connectivity index (χ1v) is 8.33. The van der Waals surface area contributed by atoms with E-state index in [9.17, 15) is 9.90 Å². The predicted octanol–water partition coefficient (Wildman–Crippen LogP) is 3.66. The highest BCUT2D eigenvalue weighted by Crippen LogP contribution is 2.39. The van der Waals surface area contributed by atoms with Gasteiger partial charge in [0.1, 0.15) is 5.92 Å². The predicted molar refractivity (Wildman–Crippen MR) is 87.1 cm³/mol. The molecule has 1 aliphatic rings. The van der Waals surface area contributed by atoms with Gasteiger partial charge in [-0.25, -0.2) is 4.98 Å². The lowest BCUT2D eigenvalue weighted by Crippen LogP contribution is -2.17. The second kappa shape index (κ2) is 5.77. The number of carbonyl (C=O) groups is 1. The molecule has 0 saturated carbocycles. The summed E-state index contributed by atoms with van der Waals surface area (Å²) in [7, 11) is 1.99. The molecule has 1 heterocycles. The molecule has 2 aromatic rings. The van der Waals surface area contributed by atoms with E-state index >= 15 is 0 Å². The number of benzene rings is 1. The van der Waals surface area contributed by atoms with Crippen LogP contribution < -0.4 is 4.90 Å². The van der Waals surface area contributed by atoms with Crippen molar-refractivity contribution in [3.63, 3.8) is 0 Å². The van der Waals surface area contributed by atoms with Crippen LogP contribution in [-0.4, -0.2) is 23.1 Å². The molecule has 1 aliphatic carbocycles. The Bertz CT molecular complexity index is 686. The lowest BCUT2D eigenvalue weighted by Gasteiger charge is -2.16. The molecule has 1 atom stereocenters. The van der Waals surface area contributed by atoms with Crippen LogP contribution in [0.1, 0.15) is 28.5 Å². The Balaban J connectivity index is 1.79. The second-order valence-electron chi connectivity index (χ2n) is 5.22. The van der Waals surface area contributed by atoms with Gasteiger partial charge >= 0.3 is 5.97 Å². The summed E-state index contributed by atoms with van der Waals surface area (Å²) in [5, 5.41) is 10.1. The van der Waals surface area contributed by atoms with Crippen LogP contribution in [0.5, 0.6) is 0 Å². The minimum atomic E-state index is -0.764. The fourth-order valence-electron chi connectivity index (χ4n) is 2.59. The Labute approximate surface area is 135 Å². The Morgan fingerprint density at radius 3 is 3.10 bits per heavy atom. The molecule has 6 heteroatoms. The van der Waals surface area contributed by atoms with Crippen LogP contribution in [0.3, 0.4) is 0 Å². The number of rotatable bonds is 4. The highest BCUT2D eigenvalue weighted by atomic mass is 79.9. The lowest BCUT2D eigenvalue weighted by atomic mass is 10.1. The number of nitrogens with zero attached hydrogens (tertiary/aromatic N) is 2. The van der Waals surface area contributed by atoms with Crippen molar-refractivity contribution in [3.8, 4) is 0 Å². The minimum absolute atomic E-state index is 0.427. The van der Waals surface area contributed by atoms with E-state index in [1.54, 1.807) is 11.3 Å². The molecule has 0 saturated heterocycles. The Kier molecular flexibility index (Phi) is 3.99. The van der Waals surface area contributed by atoms with Crippen molar-refractivity contribution in [2.75, 3.05) is 11.9 Å². The Morgan fingerprint density at radius 1 is 1.57 bits per heavy atom. The standard InChI is InChI=1S/C15H15BrN2O2S/c1-18(8-9-3-2-4-10(16)7-9)15-17-13-11(14(19)20)5-6-12(13)21-15/h2-4,7,11H,5-6,8H2,1H3,(H,19,20). The largest absolute Gasteiger partial charge is 0.481 e. The minimum Gasteiger partial charge on any atom is -0.481 e. The number of aryl methyl sites for hydroxylation is 1. The summed E-state index contributed by atoms with van der Waals surface area (Å²) >= 11 is 5.09. The molecule has 1 N–H and O–H groups in total. The zero-order valence-corrected chi connectivity index (χ0v) is 13.9. The number of aromatic nitrogens is 1. The van der Waals surface area contributed by atoms with E-state index in [2.05, 4.69) is 37.9 Å². The summed E-state index contributed by atoms with van der Waals surface area (Å²) in [6, 6.07) is 8.16. The quantitative estimate of drug-likeness (QED) is 0.896. The average molecular weight is 367 g/mol. The number of carboxylic acid groups (broad SMARTS) is 1. The number of hydrogen-bond acceptors (Lipinski definition) is 4. The van der Waals surface area contributed by atoms with Crippen LogP contribution in [0, 0.1) is 0 Å².